The lowest BCUT2D eigenvalue weighted by Crippen LogP contribution is -2.60. The van der Waals surface area contributed by atoms with Crippen LogP contribution in [0, 0.1) is 11.8 Å². The molecule has 1 saturated heterocycles. The molecule has 10 heteroatoms. The van der Waals surface area contributed by atoms with Gasteiger partial charge in [-0.2, -0.15) is 0 Å². The van der Waals surface area contributed by atoms with Crippen molar-refractivity contribution in [3.05, 3.63) is 35.9 Å². The Bertz CT molecular complexity index is 1110. The van der Waals surface area contributed by atoms with Crippen LogP contribution in [-0.4, -0.2) is 79.6 Å². The second kappa shape index (κ2) is 15.3. The van der Waals surface area contributed by atoms with Crippen molar-refractivity contribution in [3.63, 3.8) is 0 Å². The normalized spacial score (nSPS) is 19.2. The third-order valence-electron chi connectivity index (χ3n) is 9.61. The highest BCUT2D eigenvalue weighted by molar-refractivity contribution is 6.74. The minimum atomic E-state index is -2.29. The van der Waals surface area contributed by atoms with E-state index in [2.05, 4.69) is 39.2 Å². The maximum atomic E-state index is 14.3. The zero-order chi connectivity index (χ0) is 32.7. The lowest BCUT2D eigenvalue weighted by atomic mass is 9.94. The molecule has 43 heavy (non-hydrogen) atoms. The molecule has 6 atom stereocenters. The van der Waals surface area contributed by atoms with Crippen LogP contribution in [0.5, 0.6) is 0 Å². The highest BCUT2D eigenvalue weighted by Gasteiger charge is 2.46. The van der Waals surface area contributed by atoms with E-state index in [0.29, 0.717) is 25.8 Å². The van der Waals surface area contributed by atoms with E-state index in [0.717, 1.165) is 12.0 Å². The predicted octanol–water partition coefficient (Wildman–Crippen LogP) is 4.50. The summed E-state index contributed by atoms with van der Waals surface area (Å²) in [5.41, 5.74) is 6.53. The summed E-state index contributed by atoms with van der Waals surface area (Å²) in [7, 11) is -0.601. The Morgan fingerprint density at radius 3 is 2.16 bits per heavy atom. The number of carbonyl (C=O) groups is 4. The van der Waals surface area contributed by atoms with Gasteiger partial charge in [0, 0.05) is 20.0 Å². The first-order valence-corrected chi connectivity index (χ1v) is 18.8. The zero-order valence-corrected chi connectivity index (χ0v) is 29.1. The summed E-state index contributed by atoms with van der Waals surface area (Å²) in [6.45, 7) is 19.1. The van der Waals surface area contributed by atoms with Crippen molar-refractivity contribution in [1.29, 1.82) is 0 Å². The van der Waals surface area contributed by atoms with Gasteiger partial charge >= 0.3 is 0 Å². The van der Waals surface area contributed by atoms with Gasteiger partial charge in [0.1, 0.15) is 24.2 Å². The molecule has 2 rings (SSSR count). The van der Waals surface area contributed by atoms with Crippen LogP contribution in [0.15, 0.2) is 30.3 Å². The fraction of sp³-hybridized carbons (Fsp3) is 0.697. The van der Waals surface area contributed by atoms with Gasteiger partial charge in [0.05, 0.1) is 0 Å². The quantitative estimate of drug-likeness (QED) is 0.298. The number of likely N-dealkylation sites (N-methyl/N-ethyl adjacent to an activating group) is 1. The number of likely N-dealkylation sites (tertiary alicyclic amines) is 1. The number of benzene rings is 1. The van der Waals surface area contributed by atoms with Crippen LogP contribution in [0.1, 0.15) is 79.7 Å². The summed E-state index contributed by atoms with van der Waals surface area (Å²) in [6.07, 6.45) is 2.17. The molecule has 1 fully saturated rings. The zero-order valence-electron chi connectivity index (χ0n) is 28.1. The van der Waals surface area contributed by atoms with Crippen molar-refractivity contribution in [2.24, 2.45) is 17.6 Å². The van der Waals surface area contributed by atoms with Gasteiger partial charge in [-0.15, -0.1) is 0 Å². The smallest absolute Gasteiger partial charge is 0.251 e. The van der Waals surface area contributed by atoms with Gasteiger partial charge in [-0.3, -0.25) is 19.2 Å². The second-order valence-electron chi connectivity index (χ2n) is 13.8. The third-order valence-corrected chi connectivity index (χ3v) is 14.1. The molecule has 242 valence electrons. The van der Waals surface area contributed by atoms with Gasteiger partial charge in [-0.1, -0.05) is 91.6 Å². The molecular weight excluding hydrogens is 560 g/mol. The summed E-state index contributed by atoms with van der Waals surface area (Å²) >= 11 is 0. The number of rotatable bonds is 14. The number of amides is 4. The van der Waals surface area contributed by atoms with Gasteiger partial charge < -0.3 is 25.3 Å². The van der Waals surface area contributed by atoms with Crippen molar-refractivity contribution in [2.75, 3.05) is 13.6 Å². The first-order valence-electron chi connectivity index (χ1n) is 15.8. The standard InChI is InChI=1S/C33H56N4O5Si/c1-11-22(3)27(36(8)32(41)28(23(4)12-2)42-43(9,10)33(5,6)7)31(40)37-20-16-19-26(37)30(39)35-25(29(34)38)21-24-17-14-13-15-18-24/h13-15,17-18,22-23,25-28H,11-12,16,19-21H2,1-10H3,(H2,34,38)(H,35,39)/t22-,23-,25-,26-,27-,28-/m0/s1. The molecule has 4 amide bonds. The average molecular weight is 617 g/mol. The largest absolute Gasteiger partial charge is 0.405 e. The van der Waals surface area contributed by atoms with Crippen LogP contribution in [-0.2, 0) is 30.0 Å². The predicted molar refractivity (Wildman–Crippen MR) is 174 cm³/mol. The van der Waals surface area contributed by atoms with Crippen LogP contribution < -0.4 is 11.1 Å². The Hall–Kier alpha value is -2.72. The summed E-state index contributed by atoms with van der Waals surface area (Å²) in [5.74, 6) is -1.66. The summed E-state index contributed by atoms with van der Waals surface area (Å²) in [6, 6.07) is 6.96. The number of nitrogens with one attached hydrogen (secondary N) is 1. The van der Waals surface area contributed by atoms with Crippen LogP contribution in [0.3, 0.4) is 0 Å². The fourth-order valence-corrected chi connectivity index (χ4v) is 6.60. The molecule has 9 nitrogen and oxygen atoms in total. The Balaban J connectivity index is 2.32. The topological polar surface area (TPSA) is 122 Å². The minimum Gasteiger partial charge on any atom is -0.405 e. The number of hydrogen-bond donors (Lipinski definition) is 2. The minimum absolute atomic E-state index is 0.0302. The number of nitrogens with zero attached hydrogens (tertiary/aromatic N) is 2. The van der Waals surface area contributed by atoms with Gasteiger partial charge in [-0.25, -0.2) is 0 Å². The van der Waals surface area contributed by atoms with Crippen LogP contribution in [0.4, 0.5) is 0 Å². The van der Waals surface area contributed by atoms with Crippen molar-refractivity contribution in [3.8, 4) is 0 Å². The number of carbonyl (C=O) groups excluding carboxylic acids is 4. The molecule has 0 bridgehead atoms. The molecule has 0 saturated carbocycles. The molecule has 1 aliphatic rings. The Morgan fingerprint density at radius 2 is 1.65 bits per heavy atom. The maximum absolute atomic E-state index is 14.3. The van der Waals surface area contributed by atoms with E-state index < -0.39 is 44.4 Å². The summed E-state index contributed by atoms with van der Waals surface area (Å²) in [5, 5.41) is 2.72. The first-order chi connectivity index (χ1) is 20.0. The average Bonchev–Trinajstić information content (AvgIpc) is 3.45. The number of hydrogen-bond acceptors (Lipinski definition) is 5. The molecule has 0 radical (unpaired) electrons. The molecule has 1 aromatic rings. The Kier molecular flexibility index (Phi) is 13.0. The van der Waals surface area contributed by atoms with E-state index in [4.69, 9.17) is 10.2 Å². The molecule has 0 unspecified atom stereocenters. The highest BCUT2D eigenvalue weighted by atomic mass is 28.4. The lowest BCUT2D eigenvalue weighted by Gasteiger charge is -2.43. The molecular formula is C33H56N4O5Si. The Labute approximate surface area is 260 Å². The molecule has 1 aromatic carbocycles. The fourth-order valence-electron chi connectivity index (χ4n) is 5.28. The van der Waals surface area contributed by atoms with Crippen molar-refractivity contribution >= 4 is 31.9 Å². The maximum Gasteiger partial charge on any atom is 0.251 e. The van der Waals surface area contributed by atoms with Gasteiger partial charge in [0.25, 0.3) is 5.91 Å². The number of nitrogens with two attached hydrogens (primary N) is 1. The molecule has 0 aromatic heterocycles. The monoisotopic (exact) mass is 616 g/mol. The summed E-state index contributed by atoms with van der Waals surface area (Å²) in [4.78, 5) is 57.3. The van der Waals surface area contributed by atoms with E-state index >= 15 is 0 Å². The number of primary amides is 1. The van der Waals surface area contributed by atoms with Gasteiger partial charge in [-0.05, 0) is 48.4 Å². The molecule has 3 N–H and O–H groups in total. The Morgan fingerprint density at radius 1 is 1.07 bits per heavy atom. The summed E-state index contributed by atoms with van der Waals surface area (Å²) < 4.78 is 6.70. The lowest BCUT2D eigenvalue weighted by molar-refractivity contribution is -0.154. The van der Waals surface area contributed by atoms with Crippen molar-refractivity contribution < 1.29 is 23.6 Å². The van der Waals surface area contributed by atoms with E-state index in [1.165, 1.54) is 0 Å². The van der Waals surface area contributed by atoms with Gasteiger partial charge in [0.2, 0.25) is 17.7 Å². The van der Waals surface area contributed by atoms with Crippen LogP contribution in [0.2, 0.25) is 18.1 Å². The molecule has 1 aliphatic heterocycles. The van der Waals surface area contributed by atoms with E-state index in [9.17, 15) is 19.2 Å². The molecule has 1 heterocycles. The molecule has 0 spiro atoms. The first kappa shape index (κ1) is 36.5. The van der Waals surface area contributed by atoms with E-state index in [1.54, 1.807) is 16.8 Å². The van der Waals surface area contributed by atoms with Gasteiger partial charge in [0.15, 0.2) is 8.32 Å². The second-order valence-corrected chi connectivity index (χ2v) is 18.6. The third kappa shape index (κ3) is 9.14. The molecule has 0 aliphatic carbocycles. The van der Waals surface area contributed by atoms with Crippen molar-refractivity contribution in [2.45, 2.75) is 123 Å². The van der Waals surface area contributed by atoms with Crippen LogP contribution >= 0.6 is 0 Å². The van der Waals surface area contributed by atoms with Crippen LogP contribution in [0.25, 0.3) is 0 Å². The highest BCUT2D eigenvalue weighted by Crippen LogP contribution is 2.39. The van der Waals surface area contributed by atoms with E-state index in [1.807, 2.05) is 58.0 Å². The van der Waals surface area contributed by atoms with Crippen molar-refractivity contribution in [1.82, 2.24) is 15.1 Å². The van der Waals surface area contributed by atoms with E-state index in [-0.39, 0.29) is 35.1 Å². The SMILES string of the molecule is CC[C@H](C)[C@H](O[Si](C)(C)C(C)(C)C)C(=O)N(C)[C@H](C(=O)N1CCC[C@H]1C(=O)N[C@@H](Cc1ccccc1)C(N)=O)[C@@H](C)CC.